The Labute approximate surface area is 259 Å². The maximum Gasteiger partial charge on any atom is 0.262 e. The number of hydrogen-bond donors (Lipinski definition) is 3. The van der Waals surface area contributed by atoms with Crippen LogP contribution in [0.15, 0.2) is 78.6 Å². The molecule has 4 aromatic rings. The minimum atomic E-state index is -0.803. The van der Waals surface area contributed by atoms with E-state index in [1.165, 1.54) is 63.0 Å². The van der Waals surface area contributed by atoms with E-state index >= 15 is 4.39 Å². The van der Waals surface area contributed by atoms with Crippen molar-refractivity contribution in [2.75, 3.05) is 44.6 Å². The predicted molar refractivity (Wildman–Crippen MR) is 167 cm³/mol. The molecule has 0 unspecified atom stereocenters. The number of nitrogens with zero attached hydrogens (tertiary/aromatic N) is 1. The number of unbranched alkanes of at least 4 members (excludes halogenated alkanes) is 1. The van der Waals surface area contributed by atoms with E-state index in [9.17, 15) is 14.0 Å². The number of hydrogen-bond acceptors (Lipinski definition) is 8. The smallest absolute Gasteiger partial charge is 0.262 e. The summed E-state index contributed by atoms with van der Waals surface area (Å²) in [6.45, 7) is 3.36. The van der Waals surface area contributed by atoms with Gasteiger partial charge in [0.05, 0.1) is 26.3 Å². The second-order valence-electron chi connectivity index (χ2n) is 9.67. The summed E-state index contributed by atoms with van der Waals surface area (Å²) < 4.78 is 50.6. The molecule has 0 aliphatic rings. The van der Waals surface area contributed by atoms with E-state index in [0.717, 1.165) is 18.9 Å². The zero-order valence-electron chi connectivity index (χ0n) is 25.1. The average molecular weight is 621 g/mol. The Morgan fingerprint density at radius 2 is 1.51 bits per heavy atom. The molecule has 12 heteroatoms. The standard InChI is InChI=1S/C33H34F2N4O6/c1-4-5-15-44-16-14-36-20-25(32(40)38-22-8-6-21(34)7-9-22)33(41)39-23-10-11-29(26(35)17-23)45-28-12-13-37-27-19-31(43-3)30(42-2)18-24(27)28/h6-13,17-20,36H,4-5,14-16H2,1-3H3,(H,38,40)(H,39,41)/b25-20+. The number of carbonyl (C=O) groups excluding carboxylic acids is 2. The van der Waals surface area contributed by atoms with Gasteiger partial charge in [-0.15, -0.1) is 0 Å². The molecule has 0 spiro atoms. The largest absolute Gasteiger partial charge is 0.493 e. The number of fused-ring (bicyclic) bond motifs is 1. The Hall–Kier alpha value is -5.23. The van der Waals surface area contributed by atoms with Crippen LogP contribution in [0.1, 0.15) is 19.8 Å². The lowest BCUT2D eigenvalue weighted by Crippen LogP contribution is -2.28. The predicted octanol–water partition coefficient (Wildman–Crippen LogP) is 6.19. The van der Waals surface area contributed by atoms with Gasteiger partial charge in [-0.25, -0.2) is 8.78 Å². The van der Waals surface area contributed by atoms with Crippen molar-refractivity contribution in [3.8, 4) is 23.0 Å². The highest BCUT2D eigenvalue weighted by atomic mass is 19.1. The molecule has 3 aromatic carbocycles. The lowest BCUT2D eigenvalue weighted by atomic mass is 10.1. The van der Waals surface area contributed by atoms with Crippen molar-refractivity contribution < 1.29 is 37.3 Å². The van der Waals surface area contributed by atoms with Crippen molar-refractivity contribution in [3.63, 3.8) is 0 Å². The van der Waals surface area contributed by atoms with Crippen LogP contribution in [0.5, 0.6) is 23.0 Å². The third-order valence-electron chi connectivity index (χ3n) is 6.49. The third kappa shape index (κ3) is 8.89. The van der Waals surface area contributed by atoms with Gasteiger partial charge in [0.15, 0.2) is 23.1 Å². The van der Waals surface area contributed by atoms with Crippen LogP contribution >= 0.6 is 0 Å². The molecule has 2 amide bonds. The van der Waals surface area contributed by atoms with Gasteiger partial charge in [0.2, 0.25) is 0 Å². The zero-order chi connectivity index (χ0) is 32.2. The Morgan fingerprint density at radius 3 is 2.20 bits per heavy atom. The van der Waals surface area contributed by atoms with Crippen LogP contribution in [0.25, 0.3) is 10.9 Å². The monoisotopic (exact) mass is 620 g/mol. The zero-order valence-corrected chi connectivity index (χ0v) is 25.1. The summed E-state index contributed by atoms with van der Waals surface area (Å²) in [4.78, 5) is 30.5. The summed E-state index contributed by atoms with van der Waals surface area (Å²) in [5.41, 5.74) is 0.629. The summed E-state index contributed by atoms with van der Waals surface area (Å²) in [6, 6.07) is 13.9. The first-order chi connectivity index (χ1) is 21.8. The Kier molecular flexibility index (Phi) is 11.6. The fourth-order valence-corrected chi connectivity index (χ4v) is 4.13. The number of anilines is 2. The van der Waals surface area contributed by atoms with E-state index in [1.807, 2.05) is 0 Å². The van der Waals surface area contributed by atoms with Crippen molar-refractivity contribution >= 4 is 34.1 Å². The molecular formula is C33H34F2N4O6. The minimum absolute atomic E-state index is 0.0826. The number of rotatable bonds is 15. The van der Waals surface area contributed by atoms with Gasteiger partial charge in [-0.2, -0.15) is 0 Å². The van der Waals surface area contributed by atoms with Crippen LogP contribution < -0.4 is 30.2 Å². The molecule has 0 saturated heterocycles. The van der Waals surface area contributed by atoms with Crippen molar-refractivity contribution in [1.82, 2.24) is 10.3 Å². The summed E-state index contributed by atoms with van der Waals surface area (Å²) in [5, 5.41) is 8.57. The van der Waals surface area contributed by atoms with E-state index in [2.05, 4.69) is 27.9 Å². The quantitative estimate of drug-likeness (QED) is 0.0623. The molecule has 10 nitrogen and oxygen atoms in total. The second-order valence-corrected chi connectivity index (χ2v) is 9.67. The number of benzene rings is 3. The Bertz CT molecular complexity index is 1660. The first kappa shape index (κ1) is 32.7. The van der Waals surface area contributed by atoms with Gasteiger partial charge in [-0.05, 0) is 55.0 Å². The first-order valence-corrected chi connectivity index (χ1v) is 14.2. The van der Waals surface area contributed by atoms with Gasteiger partial charge in [0.25, 0.3) is 11.8 Å². The lowest BCUT2D eigenvalue weighted by molar-refractivity contribution is -0.118. The molecule has 45 heavy (non-hydrogen) atoms. The molecule has 0 fully saturated rings. The van der Waals surface area contributed by atoms with Crippen molar-refractivity contribution in [1.29, 1.82) is 0 Å². The van der Waals surface area contributed by atoms with Crippen LogP contribution in [-0.2, 0) is 14.3 Å². The maximum atomic E-state index is 15.2. The molecule has 0 radical (unpaired) electrons. The molecule has 1 heterocycles. The van der Waals surface area contributed by atoms with Crippen LogP contribution in [0.4, 0.5) is 20.2 Å². The fourth-order valence-electron chi connectivity index (χ4n) is 4.13. The number of amides is 2. The van der Waals surface area contributed by atoms with E-state index < -0.39 is 23.4 Å². The Morgan fingerprint density at radius 1 is 0.822 bits per heavy atom. The van der Waals surface area contributed by atoms with Crippen LogP contribution in [0, 0.1) is 11.6 Å². The normalized spacial score (nSPS) is 11.2. The molecule has 0 atom stereocenters. The number of halogens is 2. The molecule has 0 aliphatic carbocycles. The first-order valence-electron chi connectivity index (χ1n) is 14.2. The van der Waals surface area contributed by atoms with Gasteiger partial charge in [-0.1, -0.05) is 13.3 Å². The fraction of sp³-hybridized carbons (Fsp3) is 0.242. The topological polar surface area (TPSA) is 120 Å². The van der Waals surface area contributed by atoms with Crippen molar-refractivity contribution in [3.05, 3.63) is 90.3 Å². The Balaban J connectivity index is 1.49. The molecule has 236 valence electrons. The average Bonchev–Trinajstić information content (AvgIpc) is 3.04. The summed E-state index contributed by atoms with van der Waals surface area (Å²) in [7, 11) is 3.01. The van der Waals surface area contributed by atoms with Crippen molar-refractivity contribution in [2.24, 2.45) is 0 Å². The molecule has 0 saturated carbocycles. The number of nitrogens with one attached hydrogen (secondary N) is 3. The van der Waals surface area contributed by atoms with Crippen LogP contribution in [0.3, 0.4) is 0 Å². The van der Waals surface area contributed by atoms with Gasteiger partial charge < -0.3 is 34.9 Å². The number of pyridine rings is 1. The second kappa shape index (κ2) is 16.0. The summed E-state index contributed by atoms with van der Waals surface area (Å²) in [5.74, 6) is -1.64. The molecule has 3 N–H and O–H groups in total. The highest BCUT2D eigenvalue weighted by Crippen LogP contribution is 2.37. The SMILES string of the molecule is CCCCOCCN/C=C(\C(=O)Nc1ccc(F)cc1)C(=O)Nc1ccc(Oc2ccnc3cc(OC)c(OC)cc23)c(F)c1. The van der Waals surface area contributed by atoms with E-state index in [1.54, 1.807) is 18.2 Å². The van der Waals surface area contributed by atoms with Crippen LogP contribution in [-0.4, -0.2) is 50.8 Å². The maximum absolute atomic E-state index is 15.2. The van der Waals surface area contributed by atoms with E-state index in [4.69, 9.17) is 18.9 Å². The summed E-state index contributed by atoms with van der Waals surface area (Å²) >= 11 is 0. The molecule has 4 rings (SSSR count). The molecular weight excluding hydrogens is 586 g/mol. The van der Waals surface area contributed by atoms with Gasteiger partial charge in [0.1, 0.15) is 17.1 Å². The molecule has 0 aliphatic heterocycles. The number of methoxy groups -OCH3 is 2. The summed E-state index contributed by atoms with van der Waals surface area (Å²) in [6.07, 6.45) is 4.70. The lowest BCUT2D eigenvalue weighted by Gasteiger charge is -2.14. The minimum Gasteiger partial charge on any atom is -0.493 e. The number of ether oxygens (including phenoxy) is 4. The van der Waals surface area contributed by atoms with E-state index in [-0.39, 0.29) is 22.7 Å². The number of aromatic nitrogens is 1. The van der Waals surface area contributed by atoms with Crippen LogP contribution in [0.2, 0.25) is 0 Å². The van der Waals surface area contributed by atoms with Gasteiger partial charge in [-0.3, -0.25) is 14.6 Å². The molecule has 1 aromatic heterocycles. The third-order valence-corrected chi connectivity index (χ3v) is 6.49. The number of carbonyl (C=O) groups is 2. The van der Waals surface area contributed by atoms with Crippen molar-refractivity contribution in [2.45, 2.75) is 19.8 Å². The van der Waals surface area contributed by atoms with Gasteiger partial charge in [0, 0.05) is 54.4 Å². The highest BCUT2D eigenvalue weighted by Gasteiger charge is 2.20. The molecule has 0 bridgehead atoms. The highest BCUT2D eigenvalue weighted by molar-refractivity contribution is 6.26. The van der Waals surface area contributed by atoms with E-state index in [0.29, 0.717) is 47.9 Å². The van der Waals surface area contributed by atoms with Gasteiger partial charge >= 0.3 is 0 Å².